The molecule has 0 bridgehead atoms. The number of aliphatic hydroxyl groups is 1. The number of ether oxygens (including phenoxy) is 1. The highest BCUT2D eigenvalue weighted by Crippen LogP contribution is 2.45. The molecule has 0 aromatic rings. The van der Waals surface area contributed by atoms with Crippen LogP contribution in [0.15, 0.2) is 0 Å². The first-order valence-corrected chi connectivity index (χ1v) is 7.43. The highest BCUT2D eigenvalue weighted by molar-refractivity contribution is 4.84. The van der Waals surface area contributed by atoms with E-state index >= 15 is 0 Å². The Hall–Kier alpha value is -0.0800. The van der Waals surface area contributed by atoms with E-state index in [0.717, 1.165) is 13.0 Å². The van der Waals surface area contributed by atoms with Crippen molar-refractivity contribution in [2.45, 2.75) is 70.6 Å². The van der Waals surface area contributed by atoms with Crippen LogP contribution in [0.4, 0.5) is 0 Å². The summed E-state index contributed by atoms with van der Waals surface area (Å²) >= 11 is 0. The first kappa shape index (κ1) is 15.0. The van der Waals surface area contributed by atoms with Crippen LogP contribution in [-0.2, 0) is 4.74 Å². The number of aliphatic hydroxyl groups excluding tert-OH is 1. The van der Waals surface area contributed by atoms with E-state index in [0.29, 0.717) is 12.0 Å². The van der Waals surface area contributed by atoms with Crippen LogP contribution in [0.25, 0.3) is 0 Å². The fourth-order valence-electron chi connectivity index (χ4n) is 3.21. The van der Waals surface area contributed by atoms with Crippen LogP contribution in [-0.4, -0.2) is 25.4 Å². The van der Waals surface area contributed by atoms with Gasteiger partial charge in [-0.1, -0.05) is 38.5 Å². The standard InChI is InChI=1S/C15H30O2/c1-17-14-12-15(10-6-7-11-15)9-5-3-2-4-8-13-16/h16H,2-14H2,1H3. The predicted molar refractivity (Wildman–Crippen MR) is 72.2 cm³/mol. The lowest BCUT2D eigenvalue weighted by Crippen LogP contribution is -2.18. The summed E-state index contributed by atoms with van der Waals surface area (Å²) in [5.74, 6) is 0. The maximum atomic E-state index is 8.72. The molecule has 0 atom stereocenters. The third-order valence-corrected chi connectivity index (χ3v) is 4.37. The van der Waals surface area contributed by atoms with Gasteiger partial charge in [-0.15, -0.1) is 0 Å². The molecule has 0 aliphatic heterocycles. The van der Waals surface area contributed by atoms with Gasteiger partial charge in [0.2, 0.25) is 0 Å². The maximum absolute atomic E-state index is 8.72. The molecule has 1 aliphatic rings. The molecule has 1 saturated carbocycles. The molecule has 1 aliphatic carbocycles. The zero-order valence-corrected chi connectivity index (χ0v) is 11.5. The molecule has 17 heavy (non-hydrogen) atoms. The van der Waals surface area contributed by atoms with Crippen molar-refractivity contribution < 1.29 is 9.84 Å². The minimum atomic E-state index is 0.359. The first-order valence-electron chi connectivity index (χ1n) is 7.43. The van der Waals surface area contributed by atoms with E-state index in [9.17, 15) is 0 Å². The van der Waals surface area contributed by atoms with Gasteiger partial charge in [0.15, 0.2) is 0 Å². The highest BCUT2D eigenvalue weighted by Gasteiger charge is 2.32. The van der Waals surface area contributed by atoms with E-state index < -0.39 is 0 Å². The van der Waals surface area contributed by atoms with Gasteiger partial charge >= 0.3 is 0 Å². The van der Waals surface area contributed by atoms with Gasteiger partial charge in [0, 0.05) is 20.3 Å². The van der Waals surface area contributed by atoms with Crippen LogP contribution in [0, 0.1) is 5.41 Å². The average Bonchev–Trinajstić information content (AvgIpc) is 2.80. The van der Waals surface area contributed by atoms with Crippen molar-refractivity contribution in [3.05, 3.63) is 0 Å². The van der Waals surface area contributed by atoms with E-state index in [2.05, 4.69) is 0 Å². The molecular weight excluding hydrogens is 212 g/mol. The van der Waals surface area contributed by atoms with Crippen LogP contribution in [0.2, 0.25) is 0 Å². The molecule has 1 rings (SSSR count). The van der Waals surface area contributed by atoms with Crippen LogP contribution in [0.5, 0.6) is 0 Å². The first-order chi connectivity index (χ1) is 8.33. The van der Waals surface area contributed by atoms with Crippen LogP contribution in [0.3, 0.4) is 0 Å². The second-order valence-electron chi connectivity index (χ2n) is 5.69. The van der Waals surface area contributed by atoms with E-state index in [-0.39, 0.29) is 0 Å². The van der Waals surface area contributed by atoms with Gasteiger partial charge in [0.1, 0.15) is 0 Å². The van der Waals surface area contributed by atoms with Crippen molar-refractivity contribution in [1.29, 1.82) is 0 Å². The van der Waals surface area contributed by atoms with Gasteiger partial charge in [-0.25, -0.2) is 0 Å². The monoisotopic (exact) mass is 242 g/mol. The Balaban J connectivity index is 2.12. The summed E-state index contributed by atoms with van der Waals surface area (Å²) in [7, 11) is 1.82. The Morgan fingerprint density at radius 3 is 2.24 bits per heavy atom. The molecule has 1 fully saturated rings. The van der Waals surface area contributed by atoms with E-state index in [1.165, 1.54) is 64.2 Å². The normalized spacial score (nSPS) is 18.7. The topological polar surface area (TPSA) is 29.5 Å². The molecule has 2 nitrogen and oxygen atoms in total. The molecule has 0 aromatic heterocycles. The van der Waals surface area contributed by atoms with Gasteiger partial charge in [-0.2, -0.15) is 0 Å². The summed E-state index contributed by atoms with van der Waals surface area (Å²) in [5, 5.41) is 8.72. The van der Waals surface area contributed by atoms with E-state index in [1.807, 2.05) is 7.11 Å². The summed E-state index contributed by atoms with van der Waals surface area (Å²) in [6.45, 7) is 1.29. The van der Waals surface area contributed by atoms with E-state index in [4.69, 9.17) is 9.84 Å². The van der Waals surface area contributed by atoms with Crippen LogP contribution >= 0.6 is 0 Å². The number of unbranched alkanes of at least 4 members (excludes halogenated alkanes) is 4. The quantitative estimate of drug-likeness (QED) is 0.588. The molecule has 102 valence electrons. The molecule has 0 spiro atoms. The summed E-state index contributed by atoms with van der Waals surface area (Å²) < 4.78 is 5.26. The van der Waals surface area contributed by atoms with E-state index in [1.54, 1.807) is 0 Å². The molecule has 0 unspecified atom stereocenters. The van der Waals surface area contributed by atoms with Crippen molar-refractivity contribution >= 4 is 0 Å². The highest BCUT2D eigenvalue weighted by atomic mass is 16.5. The Labute approximate surface area is 107 Å². The molecule has 0 amide bonds. The molecule has 2 heteroatoms. The van der Waals surface area contributed by atoms with Gasteiger partial charge in [-0.05, 0) is 37.5 Å². The second-order valence-corrected chi connectivity index (χ2v) is 5.69. The summed E-state index contributed by atoms with van der Waals surface area (Å²) in [4.78, 5) is 0. The molecular formula is C15H30O2. The summed E-state index contributed by atoms with van der Waals surface area (Å²) in [6, 6.07) is 0. The Morgan fingerprint density at radius 2 is 1.59 bits per heavy atom. The zero-order chi connectivity index (χ0) is 12.4. The minimum Gasteiger partial charge on any atom is -0.396 e. The van der Waals surface area contributed by atoms with Crippen molar-refractivity contribution in [2.75, 3.05) is 20.3 Å². The predicted octanol–water partition coefficient (Wildman–Crippen LogP) is 3.92. The molecule has 0 aromatic carbocycles. The number of hydrogen-bond acceptors (Lipinski definition) is 2. The van der Waals surface area contributed by atoms with Gasteiger partial charge < -0.3 is 9.84 Å². The summed E-state index contributed by atoms with van der Waals surface area (Å²) in [5.41, 5.74) is 0.618. The van der Waals surface area contributed by atoms with Crippen molar-refractivity contribution in [1.82, 2.24) is 0 Å². The van der Waals surface area contributed by atoms with Gasteiger partial charge in [0.25, 0.3) is 0 Å². The number of hydrogen-bond donors (Lipinski definition) is 1. The molecule has 0 saturated heterocycles. The molecule has 0 radical (unpaired) electrons. The van der Waals surface area contributed by atoms with Crippen molar-refractivity contribution in [3.8, 4) is 0 Å². The SMILES string of the molecule is COCCC1(CCCCCCCO)CCCC1. The van der Waals surface area contributed by atoms with Crippen LogP contribution < -0.4 is 0 Å². The third-order valence-electron chi connectivity index (χ3n) is 4.37. The van der Waals surface area contributed by atoms with Gasteiger partial charge in [-0.3, -0.25) is 0 Å². The maximum Gasteiger partial charge on any atom is 0.0467 e. The van der Waals surface area contributed by atoms with Crippen LogP contribution in [0.1, 0.15) is 70.6 Å². The number of methoxy groups -OCH3 is 1. The van der Waals surface area contributed by atoms with Gasteiger partial charge in [0.05, 0.1) is 0 Å². The lowest BCUT2D eigenvalue weighted by molar-refractivity contribution is 0.128. The second kappa shape index (κ2) is 8.93. The average molecular weight is 242 g/mol. The number of rotatable bonds is 10. The zero-order valence-electron chi connectivity index (χ0n) is 11.5. The van der Waals surface area contributed by atoms with Crippen molar-refractivity contribution in [3.63, 3.8) is 0 Å². The Bertz CT molecular complexity index is 174. The molecule has 1 N–H and O–H groups in total. The largest absolute Gasteiger partial charge is 0.396 e. The Kier molecular flexibility index (Phi) is 7.87. The fraction of sp³-hybridized carbons (Fsp3) is 1.00. The fourth-order valence-corrected chi connectivity index (χ4v) is 3.21. The minimum absolute atomic E-state index is 0.359. The lowest BCUT2D eigenvalue weighted by Gasteiger charge is -2.28. The molecule has 0 heterocycles. The third kappa shape index (κ3) is 5.87. The Morgan fingerprint density at radius 1 is 0.941 bits per heavy atom. The lowest BCUT2D eigenvalue weighted by atomic mass is 9.78. The summed E-state index contributed by atoms with van der Waals surface area (Å²) in [6.07, 6.45) is 14.5. The smallest absolute Gasteiger partial charge is 0.0467 e. The van der Waals surface area contributed by atoms with Crippen molar-refractivity contribution in [2.24, 2.45) is 5.41 Å².